The number of nitrogens with one attached hydrogen (secondary N) is 1. The van der Waals surface area contributed by atoms with Crippen molar-refractivity contribution in [3.8, 4) is 0 Å². The Morgan fingerprint density at radius 1 is 1.10 bits per heavy atom. The number of nitrogens with zero attached hydrogens (tertiary/aromatic N) is 2. The Bertz CT molecular complexity index is 1030. The summed E-state index contributed by atoms with van der Waals surface area (Å²) >= 11 is 0. The fourth-order valence-electron chi connectivity index (χ4n) is 5.44. The molecule has 1 N–H and O–H groups in total. The summed E-state index contributed by atoms with van der Waals surface area (Å²) in [5, 5.41) is 3.00. The molecule has 7 heteroatoms. The number of imide groups is 1. The predicted octanol–water partition coefficient (Wildman–Crippen LogP) is 2.92. The first-order valence-corrected chi connectivity index (χ1v) is 10.9. The number of carbonyl (C=O) groups excluding carboxylic acids is 3. The quantitative estimate of drug-likeness (QED) is 0.773. The van der Waals surface area contributed by atoms with Crippen LogP contribution in [0.25, 0.3) is 0 Å². The van der Waals surface area contributed by atoms with E-state index in [0.717, 1.165) is 0 Å². The summed E-state index contributed by atoms with van der Waals surface area (Å²) in [6, 6.07) is 9.41. The number of fused-ring (bicyclic) bond motifs is 1. The van der Waals surface area contributed by atoms with E-state index in [0.29, 0.717) is 50.1 Å². The second-order valence-electron chi connectivity index (χ2n) is 9.10. The van der Waals surface area contributed by atoms with E-state index >= 15 is 0 Å². The number of aryl methyl sites for hydroxylation is 1. The zero-order chi connectivity index (χ0) is 21.8. The van der Waals surface area contributed by atoms with Gasteiger partial charge in [-0.2, -0.15) is 0 Å². The van der Waals surface area contributed by atoms with Gasteiger partial charge in [-0.25, -0.2) is 4.79 Å². The number of amides is 4. The van der Waals surface area contributed by atoms with Crippen LogP contribution in [0.2, 0.25) is 0 Å². The molecular formula is C24H27N3O4. The summed E-state index contributed by atoms with van der Waals surface area (Å²) in [7, 11) is 0. The van der Waals surface area contributed by atoms with Gasteiger partial charge in [0.15, 0.2) is 0 Å². The SMILES string of the molecule is Cc1occc1C(=O)N1CCC([C@@]2(C)NC(=O)N(C3Cc4ccccc4C3)C2=O)CC1. The maximum atomic E-state index is 13.5. The minimum Gasteiger partial charge on any atom is -0.469 e. The van der Waals surface area contributed by atoms with Gasteiger partial charge in [-0.3, -0.25) is 14.5 Å². The molecule has 0 spiro atoms. The number of benzene rings is 1. The number of piperidine rings is 1. The van der Waals surface area contributed by atoms with Gasteiger partial charge in [0.2, 0.25) is 0 Å². The third kappa shape index (κ3) is 3.14. The molecule has 162 valence electrons. The molecule has 1 atom stereocenters. The van der Waals surface area contributed by atoms with Gasteiger partial charge in [-0.05, 0) is 62.6 Å². The number of hydrogen-bond donors (Lipinski definition) is 1. The molecule has 7 nitrogen and oxygen atoms in total. The van der Waals surface area contributed by atoms with Crippen LogP contribution in [-0.2, 0) is 17.6 Å². The van der Waals surface area contributed by atoms with E-state index in [1.165, 1.54) is 22.3 Å². The molecule has 5 rings (SSSR count). The van der Waals surface area contributed by atoms with Crippen molar-refractivity contribution in [2.75, 3.05) is 13.1 Å². The summed E-state index contributed by atoms with van der Waals surface area (Å²) < 4.78 is 5.26. The lowest BCUT2D eigenvalue weighted by Crippen LogP contribution is -2.55. The lowest BCUT2D eigenvalue weighted by molar-refractivity contribution is -0.134. The van der Waals surface area contributed by atoms with Crippen LogP contribution in [0.4, 0.5) is 4.79 Å². The Morgan fingerprint density at radius 2 is 1.74 bits per heavy atom. The molecule has 3 aliphatic rings. The van der Waals surface area contributed by atoms with Crippen LogP contribution in [0, 0.1) is 12.8 Å². The Kier molecular flexibility index (Phi) is 4.64. The van der Waals surface area contributed by atoms with Crippen LogP contribution in [-0.4, -0.2) is 52.3 Å². The Morgan fingerprint density at radius 3 is 2.32 bits per heavy atom. The van der Waals surface area contributed by atoms with Crippen LogP contribution in [0.5, 0.6) is 0 Å². The van der Waals surface area contributed by atoms with E-state index in [1.54, 1.807) is 13.0 Å². The first-order chi connectivity index (χ1) is 14.9. The van der Waals surface area contributed by atoms with Crippen molar-refractivity contribution in [1.82, 2.24) is 15.1 Å². The smallest absolute Gasteiger partial charge is 0.325 e. The summed E-state index contributed by atoms with van der Waals surface area (Å²) in [5.41, 5.74) is 2.08. The molecule has 0 radical (unpaired) electrons. The van der Waals surface area contributed by atoms with Gasteiger partial charge in [0.25, 0.3) is 11.8 Å². The van der Waals surface area contributed by atoms with E-state index in [-0.39, 0.29) is 29.8 Å². The highest BCUT2D eigenvalue weighted by molar-refractivity contribution is 6.07. The van der Waals surface area contributed by atoms with Crippen molar-refractivity contribution in [2.45, 2.75) is 51.1 Å². The number of likely N-dealkylation sites (tertiary alicyclic amines) is 1. The van der Waals surface area contributed by atoms with Crippen LogP contribution < -0.4 is 5.32 Å². The molecule has 0 unspecified atom stereocenters. The van der Waals surface area contributed by atoms with Crippen LogP contribution in [0.3, 0.4) is 0 Å². The molecule has 2 fully saturated rings. The molecule has 2 aliphatic heterocycles. The lowest BCUT2D eigenvalue weighted by atomic mass is 9.78. The van der Waals surface area contributed by atoms with Crippen molar-refractivity contribution >= 4 is 17.8 Å². The maximum absolute atomic E-state index is 13.5. The minimum absolute atomic E-state index is 0.00720. The summed E-state index contributed by atoms with van der Waals surface area (Å²) in [4.78, 5) is 42.4. The fraction of sp³-hybridized carbons (Fsp3) is 0.458. The number of rotatable bonds is 3. The molecule has 3 heterocycles. The van der Waals surface area contributed by atoms with Crippen molar-refractivity contribution in [3.63, 3.8) is 0 Å². The number of urea groups is 1. The molecule has 31 heavy (non-hydrogen) atoms. The average molecular weight is 421 g/mol. The standard InChI is InChI=1S/C24H27N3O4/c1-15-20(9-12-31-15)21(28)26-10-7-18(8-11-26)24(2)22(29)27(23(30)25-24)19-13-16-5-3-4-6-17(16)14-19/h3-6,9,12,18-19H,7-8,10-11,13-14H2,1-2H3,(H,25,30)/t24-/m1/s1. The van der Waals surface area contributed by atoms with Crippen molar-refractivity contribution < 1.29 is 18.8 Å². The van der Waals surface area contributed by atoms with E-state index in [4.69, 9.17) is 4.42 Å². The van der Waals surface area contributed by atoms with Gasteiger partial charge >= 0.3 is 6.03 Å². The van der Waals surface area contributed by atoms with Gasteiger partial charge in [-0.1, -0.05) is 24.3 Å². The molecule has 2 saturated heterocycles. The first-order valence-electron chi connectivity index (χ1n) is 10.9. The third-order valence-corrected chi connectivity index (χ3v) is 7.33. The van der Waals surface area contributed by atoms with Crippen molar-refractivity contribution in [1.29, 1.82) is 0 Å². The van der Waals surface area contributed by atoms with Gasteiger partial charge in [0, 0.05) is 19.1 Å². The topological polar surface area (TPSA) is 82.9 Å². The van der Waals surface area contributed by atoms with Gasteiger partial charge in [0.1, 0.15) is 11.3 Å². The average Bonchev–Trinajstić information content (AvgIpc) is 3.44. The van der Waals surface area contributed by atoms with Gasteiger partial charge < -0.3 is 14.6 Å². The Hall–Kier alpha value is -3.09. The highest BCUT2D eigenvalue weighted by Crippen LogP contribution is 2.37. The third-order valence-electron chi connectivity index (χ3n) is 7.33. The van der Waals surface area contributed by atoms with E-state index in [2.05, 4.69) is 17.4 Å². The summed E-state index contributed by atoms with van der Waals surface area (Å²) in [6.45, 7) is 4.74. The summed E-state index contributed by atoms with van der Waals surface area (Å²) in [6.07, 6.45) is 4.29. The monoisotopic (exact) mass is 421 g/mol. The number of carbonyl (C=O) groups is 3. The normalized spacial score (nSPS) is 24.6. The van der Waals surface area contributed by atoms with E-state index in [9.17, 15) is 14.4 Å². The number of furan rings is 1. The first kappa shape index (κ1) is 19.8. The van der Waals surface area contributed by atoms with Crippen LogP contribution in [0.15, 0.2) is 41.0 Å². The molecule has 2 aromatic rings. The molecule has 0 saturated carbocycles. The second kappa shape index (κ2) is 7.25. The minimum atomic E-state index is -0.924. The van der Waals surface area contributed by atoms with Gasteiger partial charge in [-0.15, -0.1) is 0 Å². The largest absolute Gasteiger partial charge is 0.469 e. The van der Waals surface area contributed by atoms with Crippen molar-refractivity contribution in [3.05, 3.63) is 59.0 Å². The zero-order valence-corrected chi connectivity index (χ0v) is 17.9. The van der Waals surface area contributed by atoms with Crippen LogP contribution in [0.1, 0.15) is 47.0 Å². The van der Waals surface area contributed by atoms with Crippen molar-refractivity contribution in [2.24, 2.45) is 5.92 Å². The highest BCUT2D eigenvalue weighted by Gasteiger charge is 2.55. The molecule has 1 aromatic heterocycles. The van der Waals surface area contributed by atoms with Gasteiger partial charge in [0.05, 0.1) is 11.8 Å². The molecule has 4 amide bonds. The van der Waals surface area contributed by atoms with E-state index in [1.807, 2.05) is 24.0 Å². The fourth-order valence-corrected chi connectivity index (χ4v) is 5.44. The zero-order valence-electron chi connectivity index (χ0n) is 17.9. The van der Waals surface area contributed by atoms with Crippen LogP contribution >= 0.6 is 0 Å². The molecule has 0 bridgehead atoms. The number of hydrogen-bond acceptors (Lipinski definition) is 4. The molecular weight excluding hydrogens is 394 g/mol. The Balaban J connectivity index is 1.27. The Labute approximate surface area is 181 Å². The maximum Gasteiger partial charge on any atom is 0.325 e. The molecule has 1 aromatic carbocycles. The molecule has 1 aliphatic carbocycles. The predicted molar refractivity (Wildman–Crippen MR) is 113 cm³/mol. The highest BCUT2D eigenvalue weighted by atomic mass is 16.3. The second-order valence-corrected chi connectivity index (χ2v) is 9.10. The lowest BCUT2D eigenvalue weighted by Gasteiger charge is -2.39. The summed E-state index contributed by atoms with van der Waals surface area (Å²) in [5.74, 6) is 0.436. The van der Waals surface area contributed by atoms with E-state index < -0.39 is 5.54 Å².